The number of rotatable bonds is 6. The van der Waals surface area contributed by atoms with Crippen molar-refractivity contribution < 1.29 is 4.74 Å². The van der Waals surface area contributed by atoms with E-state index in [1.54, 1.807) is 13.3 Å². The fraction of sp³-hybridized carbons (Fsp3) is 0.769. The Bertz CT molecular complexity index is 398. The van der Waals surface area contributed by atoms with Gasteiger partial charge < -0.3 is 4.74 Å². The van der Waals surface area contributed by atoms with Crippen LogP contribution in [0.1, 0.15) is 52.4 Å². The quantitative estimate of drug-likeness (QED) is 0.621. The lowest BCUT2D eigenvalue weighted by molar-refractivity contribution is 0.391. The van der Waals surface area contributed by atoms with Gasteiger partial charge >= 0.3 is 0 Å². The molecule has 5 nitrogen and oxygen atoms in total. The van der Waals surface area contributed by atoms with E-state index in [1.807, 2.05) is 16.4 Å². The van der Waals surface area contributed by atoms with E-state index >= 15 is 0 Å². The molecule has 1 aromatic heterocycles. The lowest BCUT2D eigenvalue weighted by Gasteiger charge is -2.24. The minimum Gasteiger partial charge on any atom is -0.493 e. The molecule has 0 spiro atoms. The Morgan fingerprint density at radius 2 is 2.11 bits per heavy atom. The molecule has 1 atom stereocenters. The van der Waals surface area contributed by atoms with Crippen LogP contribution in [0.3, 0.4) is 0 Å². The zero-order valence-electron chi connectivity index (χ0n) is 12.7. The molecule has 0 saturated heterocycles. The van der Waals surface area contributed by atoms with E-state index in [4.69, 9.17) is 10.6 Å². The maximum absolute atomic E-state index is 5.73. The van der Waals surface area contributed by atoms with Gasteiger partial charge in [0.1, 0.15) is 0 Å². The first kappa shape index (κ1) is 16.3. The number of ether oxygens (including phenoxy) is 1. The number of thioether (sulfide) groups is 1. The van der Waals surface area contributed by atoms with Crippen LogP contribution in [0.4, 0.5) is 0 Å². The molecule has 1 rings (SSSR count). The number of hydrogen-bond donors (Lipinski definition) is 2. The molecule has 0 aromatic carbocycles. The zero-order chi connectivity index (χ0) is 14.6. The summed E-state index contributed by atoms with van der Waals surface area (Å²) in [6.45, 7) is 10.8. The predicted octanol–water partition coefficient (Wildman–Crippen LogP) is 2.51. The van der Waals surface area contributed by atoms with Crippen molar-refractivity contribution in [1.29, 1.82) is 0 Å². The van der Waals surface area contributed by atoms with Gasteiger partial charge in [0.05, 0.1) is 25.0 Å². The number of nitrogens with two attached hydrogens (primary N) is 1. The van der Waals surface area contributed by atoms with Crippen LogP contribution in [-0.2, 0) is 0 Å². The van der Waals surface area contributed by atoms with Gasteiger partial charge in [-0.3, -0.25) is 16.0 Å². The predicted molar refractivity (Wildman–Crippen MR) is 81.4 cm³/mol. The summed E-state index contributed by atoms with van der Waals surface area (Å²) in [5.74, 6) is 7.38. The summed E-state index contributed by atoms with van der Waals surface area (Å²) in [5, 5.41) is 4.39. The average Bonchev–Trinajstić information content (AvgIpc) is 2.72. The number of methoxy groups -OCH3 is 1. The van der Waals surface area contributed by atoms with Gasteiger partial charge in [0.25, 0.3) is 0 Å². The van der Waals surface area contributed by atoms with Gasteiger partial charge in [-0.15, -0.1) is 0 Å². The molecule has 0 aliphatic rings. The number of nitrogens with one attached hydrogen (secondary N) is 1. The number of hydrogen-bond acceptors (Lipinski definition) is 5. The highest BCUT2D eigenvalue weighted by Gasteiger charge is 2.24. The molecule has 19 heavy (non-hydrogen) atoms. The standard InChI is InChI=1S/C13H26N4OS/c1-9(2)17-12(11(18-6)7-15-17)10(16-14)8-19-13(3,4)5/h7,9-10,16H,8,14H2,1-6H3. The van der Waals surface area contributed by atoms with Crippen LogP contribution < -0.4 is 16.0 Å². The fourth-order valence-corrected chi connectivity index (χ4v) is 2.72. The molecule has 6 heteroatoms. The van der Waals surface area contributed by atoms with Crippen LogP contribution in [0.25, 0.3) is 0 Å². The lowest BCUT2D eigenvalue weighted by atomic mass is 10.2. The second-order valence-electron chi connectivity index (χ2n) is 5.78. The molecule has 0 radical (unpaired) electrons. The summed E-state index contributed by atoms with van der Waals surface area (Å²) in [6.07, 6.45) is 1.75. The van der Waals surface area contributed by atoms with Crippen molar-refractivity contribution >= 4 is 11.8 Å². The molecule has 0 aliphatic carbocycles. The van der Waals surface area contributed by atoms with Crippen LogP contribution in [-0.4, -0.2) is 27.4 Å². The number of aromatic nitrogens is 2. The third kappa shape index (κ3) is 4.40. The average molecular weight is 286 g/mol. The third-order valence-corrected chi connectivity index (χ3v) is 4.09. The summed E-state index contributed by atoms with van der Waals surface area (Å²) in [4.78, 5) is 0. The van der Waals surface area contributed by atoms with Gasteiger partial charge in [-0.2, -0.15) is 16.9 Å². The highest BCUT2D eigenvalue weighted by molar-refractivity contribution is 8.00. The summed E-state index contributed by atoms with van der Waals surface area (Å²) < 4.78 is 7.57. The van der Waals surface area contributed by atoms with Gasteiger partial charge in [0.15, 0.2) is 5.75 Å². The molecular formula is C13H26N4OS. The van der Waals surface area contributed by atoms with E-state index in [-0.39, 0.29) is 16.8 Å². The minimum absolute atomic E-state index is 0.0177. The first-order valence-electron chi connectivity index (χ1n) is 6.51. The van der Waals surface area contributed by atoms with Gasteiger partial charge in [0.2, 0.25) is 0 Å². The van der Waals surface area contributed by atoms with E-state index in [0.29, 0.717) is 0 Å². The van der Waals surface area contributed by atoms with Gasteiger partial charge in [0, 0.05) is 16.5 Å². The third-order valence-electron chi connectivity index (χ3n) is 2.72. The Morgan fingerprint density at radius 3 is 2.53 bits per heavy atom. The first-order chi connectivity index (χ1) is 8.80. The molecular weight excluding hydrogens is 260 g/mol. The summed E-state index contributed by atoms with van der Waals surface area (Å²) in [5.41, 5.74) is 3.90. The second-order valence-corrected chi connectivity index (χ2v) is 7.63. The van der Waals surface area contributed by atoms with Gasteiger partial charge in [-0.1, -0.05) is 20.8 Å². The van der Waals surface area contributed by atoms with Crippen molar-refractivity contribution in [3.63, 3.8) is 0 Å². The Kier molecular flexibility index (Phi) is 5.70. The smallest absolute Gasteiger partial charge is 0.161 e. The molecule has 1 heterocycles. The Morgan fingerprint density at radius 1 is 1.47 bits per heavy atom. The van der Waals surface area contributed by atoms with Crippen molar-refractivity contribution in [3.05, 3.63) is 11.9 Å². The Labute approximate surface area is 120 Å². The topological polar surface area (TPSA) is 65.1 Å². The SMILES string of the molecule is COc1cnn(C(C)C)c1C(CSC(C)(C)C)NN. The maximum Gasteiger partial charge on any atom is 0.161 e. The Hall–Kier alpha value is -0.720. The molecule has 3 N–H and O–H groups in total. The molecule has 0 aliphatic heterocycles. The van der Waals surface area contributed by atoms with E-state index in [1.165, 1.54) is 0 Å². The monoisotopic (exact) mass is 286 g/mol. The molecule has 110 valence electrons. The van der Waals surface area contributed by atoms with Crippen molar-refractivity contribution in [1.82, 2.24) is 15.2 Å². The fourth-order valence-electron chi connectivity index (χ4n) is 1.80. The first-order valence-corrected chi connectivity index (χ1v) is 7.50. The number of hydrazine groups is 1. The minimum atomic E-state index is 0.0177. The van der Waals surface area contributed by atoms with Crippen LogP contribution in [0, 0.1) is 0 Å². The van der Waals surface area contributed by atoms with Crippen molar-refractivity contribution in [3.8, 4) is 5.75 Å². The highest BCUT2D eigenvalue weighted by Crippen LogP contribution is 2.32. The van der Waals surface area contributed by atoms with Crippen molar-refractivity contribution in [2.75, 3.05) is 12.9 Å². The van der Waals surface area contributed by atoms with E-state index < -0.39 is 0 Å². The molecule has 0 bridgehead atoms. The molecule has 0 amide bonds. The van der Waals surface area contributed by atoms with Crippen molar-refractivity contribution in [2.45, 2.75) is 51.4 Å². The second kappa shape index (κ2) is 6.63. The highest BCUT2D eigenvalue weighted by atomic mass is 32.2. The van der Waals surface area contributed by atoms with E-state index in [2.05, 4.69) is 45.1 Å². The van der Waals surface area contributed by atoms with Crippen molar-refractivity contribution in [2.24, 2.45) is 5.84 Å². The Balaban J connectivity index is 2.99. The van der Waals surface area contributed by atoms with Crippen LogP contribution >= 0.6 is 11.8 Å². The molecule has 0 fully saturated rings. The maximum atomic E-state index is 5.73. The van der Waals surface area contributed by atoms with Crippen LogP contribution in [0.15, 0.2) is 6.20 Å². The lowest BCUT2D eigenvalue weighted by Crippen LogP contribution is -2.33. The van der Waals surface area contributed by atoms with Crippen LogP contribution in [0.2, 0.25) is 0 Å². The molecule has 1 aromatic rings. The van der Waals surface area contributed by atoms with E-state index in [9.17, 15) is 0 Å². The van der Waals surface area contributed by atoms with Gasteiger partial charge in [-0.05, 0) is 13.8 Å². The van der Waals surface area contributed by atoms with E-state index in [0.717, 1.165) is 17.2 Å². The largest absolute Gasteiger partial charge is 0.493 e. The molecule has 1 unspecified atom stereocenters. The number of nitrogens with zero attached hydrogens (tertiary/aromatic N) is 2. The zero-order valence-corrected chi connectivity index (χ0v) is 13.5. The summed E-state index contributed by atoms with van der Waals surface area (Å²) in [6, 6.07) is 0.290. The summed E-state index contributed by atoms with van der Waals surface area (Å²) in [7, 11) is 1.66. The van der Waals surface area contributed by atoms with Crippen LogP contribution in [0.5, 0.6) is 5.75 Å². The summed E-state index contributed by atoms with van der Waals surface area (Å²) >= 11 is 1.86. The normalized spacial score (nSPS) is 13.9. The van der Waals surface area contributed by atoms with Gasteiger partial charge in [-0.25, -0.2) is 0 Å². The molecule has 0 saturated carbocycles.